The summed E-state index contributed by atoms with van der Waals surface area (Å²) in [6.07, 6.45) is 1.17. The maximum Gasteiger partial charge on any atom is 0.191 e. The molecule has 0 heterocycles. The summed E-state index contributed by atoms with van der Waals surface area (Å²) in [4.78, 5) is 6.71. The van der Waals surface area contributed by atoms with E-state index in [1.54, 1.807) is 0 Å². The van der Waals surface area contributed by atoms with Crippen molar-refractivity contribution in [1.29, 1.82) is 0 Å². The normalized spacial score (nSPS) is 12.6. The van der Waals surface area contributed by atoms with Gasteiger partial charge in [0.1, 0.15) is 5.82 Å². The van der Waals surface area contributed by atoms with E-state index < -0.39 is 15.7 Å². The van der Waals surface area contributed by atoms with Gasteiger partial charge < -0.3 is 15.5 Å². The zero-order chi connectivity index (χ0) is 22.1. The monoisotopic (exact) mass is 562 g/mol. The van der Waals surface area contributed by atoms with Gasteiger partial charge >= 0.3 is 0 Å². The average Bonchev–Trinajstić information content (AvgIpc) is 2.70. The van der Waals surface area contributed by atoms with Crippen LogP contribution in [0.5, 0.6) is 0 Å². The first-order valence-electron chi connectivity index (χ1n) is 9.94. The van der Waals surface area contributed by atoms with Crippen LogP contribution in [-0.4, -0.2) is 46.8 Å². The number of sulfone groups is 1. The number of hydrogen-bond acceptors (Lipinski definition) is 4. The van der Waals surface area contributed by atoms with E-state index in [1.807, 2.05) is 32.2 Å². The highest BCUT2D eigenvalue weighted by molar-refractivity contribution is 14.0. The average molecular weight is 562 g/mol. The highest BCUT2D eigenvalue weighted by atomic mass is 127. The Morgan fingerprint density at radius 2 is 1.81 bits per heavy atom. The van der Waals surface area contributed by atoms with Crippen LogP contribution in [0.3, 0.4) is 0 Å². The molecule has 9 heteroatoms. The molecule has 2 aromatic rings. The third kappa shape index (κ3) is 9.42. The molecule has 2 N–H and O–H groups in total. The van der Waals surface area contributed by atoms with Gasteiger partial charge in [0.15, 0.2) is 15.8 Å². The Morgan fingerprint density at radius 3 is 2.42 bits per heavy atom. The predicted octanol–water partition coefficient (Wildman–Crippen LogP) is 3.57. The van der Waals surface area contributed by atoms with Crippen molar-refractivity contribution in [3.05, 3.63) is 65.5 Å². The quantitative estimate of drug-likeness (QED) is 0.278. The van der Waals surface area contributed by atoms with Gasteiger partial charge in [-0.25, -0.2) is 17.8 Å². The number of nitrogens with zero attached hydrogens (tertiary/aromatic N) is 2. The lowest BCUT2D eigenvalue weighted by atomic mass is 10.1. The fraction of sp³-hybridized carbons (Fsp3) is 0.409. The molecule has 0 bridgehead atoms. The Balaban J connectivity index is 0.00000480. The molecule has 0 spiro atoms. The predicted molar refractivity (Wildman–Crippen MR) is 137 cm³/mol. The maximum atomic E-state index is 13.7. The van der Waals surface area contributed by atoms with Crippen molar-refractivity contribution < 1.29 is 12.8 Å². The molecule has 0 saturated carbocycles. The fourth-order valence-electron chi connectivity index (χ4n) is 2.97. The summed E-state index contributed by atoms with van der Waals surface area (Å²) >= 11 is 0. The van der Waals surface area contributed by atoms with E-state index in [-0.39, 0.29) is 42.3 Å². The van der Waals surface area contributed by atoms with Crippen LogP contribution in [0.1, 0.15) is 25.0 Å². The van der Waals surface area contributed by atoms with Gasteiger partial charge in [-0.1, -0.05) is 24.3 Å². The molecular weight excluding hydrogens is 530 g/mol. The summed E-state index contributed by atoms with van der Waals surface area (Å²) in [5.41, 5.74) is 2.25. The minimum Gasteiger partial charge on any atom is -0.370 e. The zero-order valence-corrected chi connectivity index (χ0v) is 21.6. The molecule has 0 aliphatic carbocycles. The van der Waals surface area contributed by atoms with Crippen LogP contribution in [-0.2, 0) is 22.1 Å². The Bertz CT molecular complexity index is 955. The van der Waals surface area contributed by atoms with E-state index in [4.69, 9.17) is 0 Å². The molecule has 1 unspecified atom stereocenters. The van der Waals surface area contributed by atoms with Crippen LogP contribution in [0.2, 0.25) is 0 Å². The first-order valence-corrected chi connectivity index (χ1v) is 12.0. The van der Waals surface area contributed by atoms with Crippen molar-refractivity contribution in [2.45, 2.75) is 32.2 Å². The summed E-state index contributed by atoms with van der Waals surface area (Å²) in [6.45, 7) is 5.58. The summed E-state index contributed by atoms with van der Waals surface area (Å²) < 4.78 is 37.1. The van der Waals surface area contributed by atoms with Gasteiger partial charge in [0.05, 0.1) is 12.3 Å². The Labute approximate surface area is 202 Å². The molecule has 31 heavy (non-hydrogen) atoms. The first-order chi connectivity index (χ1) is 14.2. The van der Waals surface area contributed by atoms with Crippen LogP contribution in [0.15, 0.2) is 53.5 Å². The first kappa shape index (κ1) is 27.2. The van der Waals surface area contributed by atoms with E-state index in [9.17, 15) is 12.8 Å². The van der Waals surface area contributed by atoms with Gasteiger partial charge in [-0.2, -0.15) is 0 Å². The lowest BCUT2D eigenvalue weighted by Crippen LogP contribution is -2.45. The molecule has 0 aliphatic heterocycles. The minimum atomic E-state index is -3.23. The van der Waals surface area contributed by atoms with Crippen molar-refractivity contribution in [3.8, 4) is 0 Å². The number of hydrogen-bond donors (Lipinski definition) is 2. The van der Waals surface area contributed by atoms with E-state index in [1.165, 1.54) is 24.5 Å². The highest BCUT2D eigenvalue weighted by Crippen LogP contribution is 2.16. The lowest BCUT2D eigenvalue weighted by molar-refractivity contribution is 0.600. The number of benzene rings is 2. The number of halogens is 2. The zero-order valence-electron chi connectivity index (χ0n) is 18.4. The third-order valence-corrected chi connectivity index (χ3v) is 5.56. The van der Waals surface area contributed by atoms with Gasteiger partial charge in [0, 0.05) is 38.1 Å². The summed E-state index contributed by atoms with van der Waals surface area (Å²) in [5.74, 6) is 0.0509. The smallest absolute Gasteiger partial charge is 0.191 e. The molecule has 0 saturated heterocycles. The molecule has 0 amide bonds. The molecule has 1 atom stereocenters. The number of anilines is 1. The molecule has 172 valence electrons. The number of rotatable bonds is 9. The number of para-hydroxylation sites is 1. The fourth-order valence-corrected chi connectivity index (χ4v) is 3.82. The van der Waals surface area contributed by atoms with Crippen LogP contribution >= 0.6 is 24.0 Å². The molecule has 2 aromatic carbocycles. The number of likely N-dealkylation sites (N-methyl/N-ethyl adjacent to an activating group) is 1. The highest BCUT2D eigenvalue weighted by Gasteiger charge is 2.12. The molecule has 0 aromatic heterocycles. The SMILES string of the molecule is CCNC(=NCc1cc(F)ccc1CS(C)(=O)=O)NCC(C)N(C)c1ccccc1.I. The Morgan fingerprint density at radius 1 is 1.13 bits per heavy atom. The Hall–Kier alpha value is -1.88. The topological polar surface area (TPSA) is 73.8 Å². The molecular formula is C22H32FIN4O2S. The van der Waals surface area contributed by atoms with Crippen molar-refractivity contribution >= 4 is 45.5 Å². The van der Waals surface area contributed by atoms with Crippen LogP contribution in [0.4, 0.5) is 10.1 Å². The van der Waals surface area contributed by atoms with Crippen LogP contribution in [0, 0.1) is 5.82 Å². The van der Waals surface area contributed by atoms with Crippen LogP contribution in [0.25, 0.3) is 0 Å². The number of aliphatic imine (C=N–C) groups is 1. The van der Waals surface area contributed by atoms with Gasteiger partial charge in [-0.15, -0.1) is 24.0 Å². The number of nitrogens with one attached hydrogen (secondary N) is 2. The van der Waals surface area contributed by atoms with Crippen molar-refractivity contribution in [2.24, 2.45) is 4.99 Å². The van der Waals surface area contributed by atoms with Crippen LogP contribution < -0.4 is 15.5 Å². The Kier molecular flexibility index (Phi) is 11.3. The lowest BCUT2D eigenvalue weighted by Gasteiger charge is -2.28. The molecule has 6 nitrogen and oxygen atoms in total. The molecule has 0 radical (unpaired) electrons. The number of guanidine groups is 1. The minimum absolute atomic E-state index is 0. The van der Waals surface area contributed by atoms with E-state index in [2.05, 4.69) is 39.6 Å². The van der Waals surface area contributed by atoms with Gasteiger partial charge in [-0.3, -0.25) is 0 Å². The summed E-state index contributed by atoms with van der Waals surface area (Å²) in [7, 11) is -1.19. The van der Waals surface area contributed by atoms with Crippen molar-refractivity contribution in [3.63, 3.8) is 0 Å². The summed E-state index contributed by atoms with van der Waals surface area (Å²) in [6, 6.07) is 14.4. The second kappa shape index (κ2) is 12.8. The second-order valence-corrected chi connectivity index (χ2v) is 9.49. The third-order valence-electron chi connectivity index (χ3n) is 4.73. The van der Waals surface area contributed by atoms with Gasteiger partial charge in [0.2, 0.25) is 0 Å². The van der Waals surface area contributed by atoms with Gasteiger partial charge in [0.25, 0.3) is 0 Å². The standard InChI is InChI=1S/C22H31FN4O2S.HI/c1-5-24-22(25-14-17(2)27(3)21-9-7-6-8-10-21)26-15-19-13-20(23)12-11-18(19)16-30(4,28)29;/h6-13,17H,5,14-16H2,1-4H3,(H2,24,25,26);1H. The second-order valence-electron chi connectivity index (χ2n) is 7.35. The van der Waals surface area contributed by atoms with Crippen molar-refractivity contribution in [2.75, 3.05) is 31.3 Å². The van der Waals surface area contributed by atoms with E-state index in [0.29, 0.717) is 30.2 Å². The molecule has 0 fully saturated rings. The maximum absolute atomic E-state index is 13.7. The summed E-state index contributed by atoms with van der Waals surface area (Å²) in [5, 5.41) is 6.49. The van der Waals surface area contributed by atoms with Crippen molar-refractivity contribution in [1.82, 2.24) is 10.6 Å². The van der Waals surface area contributed by atoms with Gasteiger partial charge in [-0.05, 0) is 49.2 Å². The molecule has 0 aliphatic rings. The largest absolute Gasteiger partial charge is 0.370 e. The van der Waals surface area contributed by atoms with E-state index >= 15 is 0 Å². The molecule has 2 rings (SSSR count). The van der Waals surface area contributed by atoms with E-state index in [0.717, 1.165) is 5.69 Å².